The van der Waals surface area contributed by atoms with Crippen LogP contribution in [0.1, 0.15) is 104 Å². The molecule has 0 spiro atoms. The molecule has 2 saturated heterocycles. The Morgan fingerprint density at radius 2 is 0.694 bits per heavy atom. The van der Waals surface area contributed by atoms with E-state index < -0.39 is 41.6 Å². The van der Waals surface area contributed by atoms with E-state index in [1.54, 1.807) is 0 Å². The van der Waals surface area contributed by atoms with Crippen molar-refractivity contribution in [1.29, 1.82) is 0 Å². The van der Waals surface area contributed by atoms with Crippen LogP contribution in [-0.4, -0.2) is 96.1 Å². The molecule has 6 atom stereocenters. The number of hydrogen-bond acceptors (Lipinski definition) is 6. The van der Waals surface area contributed by atoms with Crippen LogP contribution in [0.4, 0.5) is 0 Å². The Morgan fingerprint density at radius 1 is 0.388 bits per heavy atom. The fourth-order valence-electron chi connectivity index (χ4n) is 9.40. The lowest BCUT2D eigenvalue weighted by Crippen LogP contribution is -2.57. The molecule has 2 fully saturated rings. The minimum Gasteiger partial charge on any atom is -0.415 e. The second-order valence-electron chi connectivity index (χ2n) is 15.7. The van der Waals surface area contributed by atoms with Crippen molar-refractivity contribution in [2.75, 3.05) is 13.2 Å². The Balaban J connectivity index is 2.90. The van der Waals surface area contributed by atoms with Crippen molar-refractivity contribution in [2.45, 2.75) is 231 Å². The molecule has 11 heteroatoms. The van der Waals surface area contributed by atoms with Crippen LogP contribution >= 0.6 is 0 Å². The van der Waals surface area contributed by atoms with Crippen LogP contribution in [0.15, 0.2) is 0 Å². The topological polar surface area (TPSA) is 49.4 Å². The summed E-state index contributed by atoms with van der Waals surface area (Å²) < 4.78 is 38.2. The first-order valence-corrected chi connectivity index (χ1v) is 34.1. The van der Waals surface area contributed by atoms with Gasteiger partial charge in [0.05, 0.1) is 43.1 Å². The van der Waals surface area contributed by atoms with Gasteiger partial charge in [-0.25, -0.2) is 0 Å². The molecule has 0 aromatic heterocycles. The highest BCUT2D eigenvalue weighted by molar-refractivity contribution is 6.75. The molecular formula is C38H85NO5Si5. The maximum Gasteiger partial charge on any atom is 0.192 e. The molecular weight excluding hydrogens is 691 g/mol. The lowest BCUT2D eigenvalue weighted by molar-refractivity contribution is -0.00713. The lowest BCUT2D eigenvalue weighted by atomic mass is 10.0. The molecule has 0 amide bonds. The molecule has 2 heterocycles. The van der Waals surface area contributed by atoms with Gasteiger partial charge in [0.1, 0.15) is 0 Å². The first-order valence-electron chi connectivity index (χ1n) is 21.5. The van der Waals surface area contributed by atoms with Crippen molar-refractivity contribution in [3.8, 4) is 0 Å². The summed E-state index contributed by atoms with van der Waals surface area (Å²) in [6.45, 7) is 37.3. The van der Waals surface area contributed by atoms with Crippen LogP contribution in [0.25, 0.3) is 0 Å². The molecule has 0 bridgehead atoms. The highest BCUT2D eigenvalue weighted by Crippen LogP contribution is 2.46. The molecule has 0 aromatic carbocycles. The van der Waals surface area contributed by atoms with Crippen LogP contribution in [0.2, 0.25) is 90.7 Å². The molecule has 2 rings (SSSR count). The van der Waals surface area contributed by atoms with Gasteiger partial charge in [-0.2, -0.15) is 0 Å². The molecule has 6 nitrogen and oxygen atoms in total. The highest BCUT2D eigenvalue weighted by Gasteiger charge is 2.63. The van der Waals surface area contributed by atoms with E-state index in [-0.39, 0.29) is 36.5 Å². The minimum absolute atomic E-state index is 0.00518. The van der Waals surface area contributed by atoms with E-state index >= 15 is 0 Å². The van der Waals surface area contributed by atoms with Gasteiger partial charge < -0.3 is 22.1 Å². The van der Waals surface area contributed by atoms with Gasteiger partial charge in [-0.05, 0) is 90.7 Å². The molecule has 0 saturated carbocycles. The third-order valence-electron chi connectivity index (χ3n) is 14.7. The Labute approximate surface area is 311 Å². The molecule has 2 aliphatic heterocycles. The van der Waals surface area contributed by atoms with E-state index in [1.165, 1.54) is 18.1 Å². The molecule has 0 N–H and O–H groups in total. The summed E-state index contributed by atoms with van der Waals surface area (Å²) in [5.41, 5.74) is 0. The van der Waals surface area contributed by atoms with Gasteiger partial charge in [0.2, 0.25) is 0 Å². The quantitative estimate of drug-likeness (QED) is 0.0816. The zero-order valence-electron chi connectivity index (χ0n) is 35.5. The Bertz CT molecular complexity index is 865. The van der Waals surface area contributed by atoms with Gasteiger partial charge >= 0.3 is 0 Å². The normalized spacial score (nSPS) is 25.8. The zero-order chi connectivity index (χ0) is 37.1. The SMILES string of the molecule is CC[Si](CC)(CC)OC[C@H]1[C@@H](O[Si](CC)(CC)CC)[C@H](O[Si](CC)(CC)CC)[C@H]2[C@@H](O[Si](CC)(CC)CC)[C@@H](O[Si](CC)(CC)CC)CN21. The maximum absolute atomic E-state index is 7.84. The number of nitrogens with zero attached hydrogens (tertiary/aromatic N) is 1. The number of fused-ring (bicyclic) bond motifs is 1. The lowest BCUT2D eigenvalue weighted by Gasteiger charge is -2.44. The van der Waals surface area contributed by atoms with Gasteiger partial charge in [0.25, 0.3) is 0 Å². The Hall–Kier alpha value is 0.844. The summed E-state index contributed by atoms with van der Waals surface area (Å²) in [7, 11) is -9.68. The van der Waals surface area contributed by atoms with Crippen molar-refractivity contribution in [3.63, 3.8) is 0 Å². The van der Waals surface area contributed by atoms with Gasteiger partial charge in [-0.1, -0.05) is 104 Å². The van der Waals surface area contributed by atoms with E-state index in [4.69, 9.17) is 22.1 Å². The fraction of sp³-hybridized carbons (Fsp3) is 1.00. The summed E-state index contributed by atoms with van der Waals surface area (Å²) in [5, 5.41) is 0. The van der Waals surface area contributed by atoms with Crippen molar-refractivity contribution in [1.82, 2.24) is 4.90 Å². The van der Waals surface area contributed by atoms with Crippen molar-refractivity contribution in [3.05, 3.63) is 0 Å². The van der Waals surface area contributed by atoms with Gasteiger partial charge in [-0.3, -0.25) is 4.90 Å². The van der Waals surface area contributed by atoms with Crippen molar-refractivity contribution < 1.29 is 22.1 Å². The summed E-state index contributed by atoms with van der Waals surface area (Å²) >= 11 is 0. The second kappa shape index (κ2) is 20.5. The van der Waals surface area contributed by atoms with Crippen LogP contribution in [0.3, 0.4) is 0 Å². The Morgan fingerprint density at radius 3 is 1.04 bits per heavy atom. The Kier molecular flexibility index (Phi) is 19.2. The largest absolute Gasteiger partial charge is 0.415 e. The van der Waals surface area contributed by atoms with E-state index in [1.807, 2.05) is 0 Å². The summed E-state index contributed by atoms with van der Waals surface area (Å²) in [5.74, 6) is 0. The minimum atomic E-state index is -2.00. The predicted octanol–water partition coefficient (Wildman–Crippen LogP) is 11.6. The molecule has 0 radical (unpaired) electrons. The first kappa shape index (κ1) is 46.0. The van der Waals surface area contributed by atoms with Gasteiger partial charge in [0.15, 0.2) is 41.6 Å². The maximum atomic E-state index is 7.84. The molecule has 292 valence electrons. The van der Waals surface area contributed by atoms with E-state index in [2.05, 4.69) is 109 Å². The summed E-state index contributed by atoms with van der Waals surface area (Å²) in [6, 6.07) is 17.7. The number of rotatable bonds is 26. The van der Waals surface area contributed by atoms with E-state index in [0.29, 0.717) is 0 Å². The second-order valence-corrected chi connectivity index (χ2v) is 39.4. The van der Waals surface area contributed by atoms with Crippen LogP contribution in [0, 0.1) is 0 Å². The van der Waals surface area contributed by atoms with Crippen molar-refractivity contribution in [2.24, 2.45) is 0 Å². The van der Waals surface area contributed by atoms with E-state index in [9.17, 15) is 0 Å². The fourth-order valence-corrected chi connectivity index (χ4v) is 23.5. The smallest absolute Gasteiger partial charge is 0.192 e. The molecule has 49 heavy (non-hydrogen) atoms. The molecule has 0 unspecified atom stereocenters. The average molecular weight is 777 g/mol. The summed E-state index contributed by atoms with van der Waals surface area (Å²) in [4.78, 5) is 2.81. The predicted molar refractivity (Wildman–Crippen MR) is 226 cm³/mol. The summed E-state index contributed by atoms with van der Waals surface area (Å²) in [6.07, 6.45) is 0.116. The van der Waals surface area contributed by atoms with Crippen molar-refractivity contribution >= 4 is 41.6 Å². The van der Waals surface area contributed by atoms with Crippen LogP contribution in [0.5, 0.6) is 0 Å². The average Bonchev–Trinajstić information content (AvgIpc) is 3.63. The monoisotopic (exact) mass is 776 g/mol. The van der Waals surface area contributed by atoms with Crippen LogP contribution < -0.4 is 0 Å². The van der Waals surface area contributed by atoms with Gasteiger partial charge in [0, 0.05) is 6.54 Å². The first-order chi connectivity index (χ1) is 23.4. The molecule has 2 aliphatic rings. The van der Waals surface area contributed by atoms with Gasteiger partial charge in [-0.15, -0.1) is 0 Å². The third-order valence-corrected chi connectivity index (χ3v) is 38.0. The standard InChI is InChI=1S/C38H85NO5Si5/c1-16-45(17-2,18-3)40-32-33-36(42-47(22-7,23-8)24-9)38(44-49(28-13,29-14)30-15)35-37(43-48(25-10,26-11)27-12)34(31-39(33)35)41-46(19-4,20-5)21-6/h33-38H,16-32H2,1-15H3/t33-,34-,35+,36+,37-,38+/m0/s1. The molecule has 0 aromatic rings. The third kappa shape index (κ3) is 9.94. The number of hydrogen-bond donors (Lipinski definition) is 0. The molecule has 0 aliphatic carbocycles. The highest BCUT2D eigenvalue weighted by atomic mass is 28.4. The van der Waals surface area contributed by atoms with Crippen LogP contribution in [-0.2, 0) is 22.1 Å². The zero-order valence-corrected chi connectivity index (χ0v) is 40.5. The van der Waals surface area contributed by atoms with E-state index in [0.717, 1.165) is 85.7 Å².